The molecule has 28 heavy (non-hydrogen) atoms. The Hall–Kier alpha value is -3.47. The molecule has 0 radical (unpaired) electrons. The van der Waals surface area contributed by atoms with Crippen LogP contribution in [0.3, 0.4) is 0 Å². The van der Waals surface area contributed by atoms with Crippen LogP contribution < -0.4 is 16.2 Å². The maximum atomic E-state index is 12.8. The minimum absolute atomic E-state index is 0.0636. The first-order valence-corrected chi connectivity index (χ1v) is 8.56. The first-order chi connectivity index (χ1) is 13.0. The van der Waals surface area contributed by atoms with Gasteiger partial charge in [0.15, 0.2) is 6.61 Å². The van der Waals surface area contributed by atoms with E-state index in [0.29, 0.717) is 11.3 Å². The predicted octanol–water partition coefficient (Wildman–Crippen LogP) is 1.97. The molecule has 8 nitrogen and oxygen atoms in total. The molecule has 1 aromatic carbocycles. The molecule has 1 amide bonds. The Bertz CT molecular complexity index is 886. The van der Waals surface area contributed by atoms with Crippen molar-refractivity contribution < 1.29 is 23.8 Å². The van der Waals surface area contributed by atoms with E-state index in [9.17, 15) is 14.9 Å². The maximum Gasteiger partial charge on any atom is 0.338 e. The van der Waals surface area contributed by atoms with Crippen molar-refractivity contribution in [1.29, 1.82) is 5.26 Å². The molecule has 148 valence electrons. The van der Waals surface area contributed by atoms with Gasteiger partial charge >= 0.3 is 5.97 Å². The second-order valence-electron chi connectivity index (χ2n) is 7.22. The number of carbonyl (C=O) groups is 2. The van der Waals surface area contributed by atoms with Gasteiger partial charge in [-0.25, -0.2) is 4.79 Å². The molecule has 0 saturated carbocycles. The van der Waals surface area contributed by atoms with E-state index in [1.807, 2.05) is 6.07 Å². The van der Waals surface area contributed by atoms with E-state index >= 15 is 0 Å². The molecule has 4 N–H and O–H groups in total. The van der Waals surface area contributed by atoms with Crippen LogP contribution in [0.15, 0.2) is 47.1 Å². The molecular weight excluding hydrogens is 362 g/mol. The second kappa shape index (κ2) is 8.05. The number of nitrogens with zero attached hydrogens (tertiary/aromatic N) is 1. The third-order valence-electron chi connectivity index (χ3n) is 3.82. The van der Waals surface area contributed by atoms with Gasteiger partial charge in [-0.2, -0.15) is 5.26 Å². The molecule has 2 rings (SSSR count). The number of amides is 1. The van der Waals surface area contributed by atoms with Gasteiger partial charge < -0.3 is 25.7 Å². The predicted molar refractivity (Wildman–Crippen MR) is 100 cm³/mol. The van der Waals surface area contributed by atoms with Crippen LogP contribution in [-0.4, -0.2) is 24.1 Å². The monoisotopic (exact) mass is 385 g/mol. The van der Waals surface area contributed by atoms with E-state index in [0.717, 1.165) is 0 Å². The summed E-state index contributed by atoms with van der Waals surface area (Å²) in [5.41, 5.74) is 11.2. The van der Waals surface area contributed by atoms with E-state index in [1.165, 1.54) is 0 Å². The van der Waals surface area contributed by atoms with Crippen molar-refractivity contribution >= 4 is 11.9 Å². The van der Waals surface area contributed by atoms with Crippen LogP contribution in [0.25, 0.3) is 0 Å². The molecular formula is C20H23N3O5. The molecule has 1 atom stereocenters. The molecule has 0 aromatic heterocycles. The van der Waals surface area contributed by atoms with Gasteiger partial charge in [0.25, 0.3) is 5.91 Å². The van der Waals surface area contributed by atoms with E-state index in [1.54, 1.807) is 52.0 Å². The lowest BCUT2D eigenvalue weighted by Gasteiger charge is -2.29. The third kappa shape index (κ3) is 4.82. The lowest BCUT2D eigenvalue weighted by atomic mass is 9.83. The summed E-state index contributed by atoms with van der Waals surface area (Å²) in [5, 5.41) is 9.59. The van der Waals surface area contributed by atoms with Gasteiger partial charge in [0, 0.05) is 0 Å². The summed E-state index contributed by atoms with van der Waals surface area (Å²) in [4.78, 5) is 23.7. The number of nitrogens with two attached hydrogens (primary N) is 2. The van der Waals surface area contributed by atoms with Crippen molar-refractivity contribution in [3.8, 4) is 11.8 Å². The van der Waals surface area contributed by atoms with Gasteiger partial charge in [0.2, 0.25) is 5.88 Å². The summed E-state index contributed by atoms with van der Waals surface area (Å²) in [6, 6.07) is 8.59. The number of benzene rings is 1. The van der Waals surface area contributed by atoms with Gasteiger partial charge in [-0.15, -0.1) is 0 Å². The fraction of sp³-hybridized carbons (Fsp3) is 0.350. The molecule has 1 heterocycles. The zero-order chi connectivity index (χ0) is 21.1. The van der Waals surface area contributed by atoms with Gasteiger partial charge in [-0.05, 0) is 45.4 Å². The zero-order valence-electron chi connectivity index (χ0n) is 16.2. The number of ether oxygens (including phenoxy) is 3. The van der Waals surface area contributed by atoms with Crippen molar-refractivity contribution in [2.45, 2.75) is 39.2 Å². The quantitative estimate of drug-likeness (QED) is 0.739. The molecule has 8 heteroatoms. The molecule has 1 aromatic rings. The van der Waals surface area contributed by atoms with Crippen LogP contribution in [0.2, 0.25) is 0 Å². The fourth-order valence-corrected chi connectivity index (χ4v) is 2.72. The molecule has 1 aliphatic rings. The van der Waals surface area contributed by atoms with Crippen LogP contribution in [0.4, 0.5) is 0 Å². The van der Waals surface area contributed by atoms with Crippen LogP contribution in [0.5, 0.6) is 5.75 Å². The van der Waals surface area contributed by atoms with Crippen molar-refractivity contribution in [3.63, 3.8) is 0 Å². The van der Waals surface area contributed by atoms with Gasteiger partial charge in [0.1, 0.15) is 28.8 Å². The zero-order valence-corrected chi connectivity index (χ0v) is 16.2. The Labute approximate surface area is 163 Å². The van der Waals surface area contributed by atoms with Crippen molar-refractivity contribution in [2.24, 2.45) is 11.5 Å². The average Bonchev–Trinajstić information content (AvgIpc) is 2.58. The Morgan fingerprint density at radius 1 is 1.25 bits per heavy atom. The number of allylic oxidation sites excluding steroid dienone is 2. The molecule has 0 spiro atoms. The molecule has 0 unspecified atom stereocenters. The van der Waals surface area contributed by atoms with Gasteiger partial charge in [-0.1, -0.05) is 12.1 Å². The smallest absolute Gasteiger partial charge is 0.338 e. The summed E-state index contributed by atoms with van der Waals surface area (Å²) in [6.07, 6.45) is 0. The summed E-state index contributed by atoms with van der Waals surface area (Å²) < 4.78 is 16.1. The van der Waals surface area contributed by atoms with E-state index in [4.69, 9.17) is 25.7 Å². The van der Waals surface area contributed by atoms with Crippen molar-refractivity contribution in [3.05, 3.63) is 52.6 Å². The Morgan fingerprint density at radius 2 is 1.86 bits per heavy atom. The number of nitriles is 1. The molecule has 0 bridgehead atoms. The highest BCUT2D eigenvalue weighted by atomic mass is 16.6. The van der Waals surface area contributed by atoms with Crippen molar-refractivity contribution in [1.82, 2.24) is 0 Å². The third-order valence-corrected chi connectivity index (χ3v) is 3.82. The highest BCUT2D eigenvalue weighted by Crippen LogP contribution is 2.40. The normalized spacial score (nSPS) is 16.9. The van der Waals surface area contributed by atoms with Crippen LogP contribution in [0.1, 0.15) is 39.2 Å². The number of hydrogen-bond acceptors (Lipinski definition) is 7. The largest absolute Gasteiger partial charge is 0.484 e. The van der Waals surface area contributed by atoms with Gasteiger partial charge in [-0.3, -0.25) is 4.79 Å². The summed E-state index contributed by atoms with van der Waals surface area (Å²) in [7, 11) is 0. The highest BCUT2D eigenvalue weighted by molar-refractivity contribution is 5.92. The summed E-state index contributed by atoms with van der Waals surface area (Å²) in [6.45, 7) is 6.59. The second-order valence-corrected chi connectivity index (χ2v) is 7.22. The van der Waals surface area contributed by atoms with Crippen molar-refractivity contribution in [2.75, 3.05) is 6.61 Å². The lowest BCUT2D eigenvalue weighted by Crippen LogP contribution is -2.30. The topological polar surface area (TPSA) is 138 Å². The van der Waals surface area contributed by atoms with E-state index in [2.05, 4.69) is 0 Å². The Balaban J connectivity index is 2.45. The Kier molecular flexibility index (Phi) is 5.99. The molecule has 0 fully saturated rings. The molecule has 1 aliphatic heterocycles. The minimum atomic E-state index is -0.751. The van der Waals surface area contributed by atoms with Crippen LogP contribution >= 0.6 is 0 Å². The van der Waals surface area contributed by atoms with Gasteiger partial charge in [0.05, 0.1) is 11.5 Å². The van der Waals surface area contributed by atoms with Crippen LogP contribution in [0, 0.1) is 11.3 Å². The summed E-state index contributed by atoms with van der Waals surface area (Å²) in [5.74, 6) is -1.31. The van der Waals surface area contributed by atoms with E-state index < -0.39 is 23.4 Å². The number of hydrogen-bond donors (Lipinski definition) is 2. The molecule has 0 aliphatic carbocycles. The molecule has 0 saturated heterocycles. The summed E-state index contributed by atoms with van der Waals surface area (Å²) >= 11 is 0. The Morgan fingerprint density at radius 3 is 2.36 bits per heavy atom. The maximum absolute atomic E-state index is 12.8. The van der Waals surface area contributed by atoms with E-state index in [-0.39, 0.29) is 29.4 Å². The standard InChI is InChI=1S/C20H23N3O5/c1-11-16(19(25)28-20(2,3)4)17(14(9-21)18(23)27-11)12-5-7-13(8-6-12)26-10-15(22)24/h5-8,17H,10,23H2,1-4H3,(H2,22,24)/t17-/m1/s1. The first kappa shape index (κ1) is 20.8. The minimum Gasteiger partial charge on any atom is -0.484 e. The average molecular weight is 385 g/mol. The lowest BCUT2D eigenvalue weighted by molar-refractivity contribution is -0.150. The fourth-order valence-electron chi connectivity index (χ4n) is 2.72. The SMILES string of the molecule is CC1=C(C(=O)OC(C)(C)C)[C@H](c2ccc(OCC(N)=O)cc2)C(C#N)=C(N)O1. The number of rotatable bonds is 5. The number of esters is 1. The first-order valence-electron chi connectivity index (χ1n) is 8.56. The number of primary amides is 1. The highest BCUT2D eigenvalue weighted by Gasteiger charge is 2.37. The number of carbonyl (C=O) groups excluding carboxylic acids is 2. The van der Waals surface area contributed by atoms with Crippen LogP contribution in [-0.2, 0) is 19.1 Å².